The first-order valence-corrected chi connectivity index (χ1v) is 6.33. The average Bonchev–Trinajstić information content (AvgIpc) is 2.40. The Hall–Kier alpha value is -2.08. The Kier molecular flexibility index (Phi) is 2.87. The average molecular weight is 260 g/mol. The van der Waals surface area contributed by atoms with Gasteiger partial charge in [0.2, 0.25) is 0 Å². The fourth-order valence-electron chi connectivity index (χ4n) is 2.36. The lowest BCUT2D eigenvalue weighted by atomic mass is 10.2. The molecule has 2 N–H and O–H groups in total. The maximum absolute atomic E-state index is 11.3. The summed E-state index contributed by atoms with van der Waals surface area (Å²) in [5, 5.41) is 0. The topological polar surface area (TPSA) is 72.2 Å². The Bertz CT molecular complexity index is 710. The lowest BCUT2D eigenvalue weighted by molar-refractivity contribution is 0.313. The molecule has 6 nitrogen and oxygen atoms in total. The molecule has 1 aliphatic rings. The van der Waals surface area contributed by atoms with Crippen molar-refractivity contribution in [2.75, 3.05) is 38.1 Å². The van der Waals surface area contributed by atoms with E-state index in [2.05, 4.69) is 26.8 Å². The molecular formula is C13H16N4O2. The number of nitrogens with one attached hydrogen (secondary N) is 2. The van der Waals surface area contributed by atoms with Crippen molar-refractivity contribution in [3.05, 3.63) is 38.9 Å². The van der Waals surface area contributed by atoms with Crippen LogP contribution in [0.25, 0.3) is 11.0 Å². The third kappa shape index (κ3) is 2.26. The van der Waals surface area contributed by atoms with Gasteiger partial charge in [0.25, 0.3) is 0 Å². The molecule has 2 heterocycles. The van der Waals surface area contributed by atoms with Gasteiger partial charge in [0, 0.05) is 31.9 Å². The molecule has 6 heteroatoms. The molecule has 0 atom stereocenters. The van der Waals surface area contributed by atoms with Crippen LogP contribution in [0.15, 0.2) is 27.8 Å². The Labute approximate surface area is 109 Å². The highest BCUT2D eigenvalue weighted by Gasteiger charge is 2.14. The van der Waals surface area contributed by atoms with E-state index < -0.39 is 11.1 Å². The van der Waals surface area contributed by atoms with E-state index in [0.29, 0.717) is 11.0 Å². The van der Waals surface area contributed by atoms with Gasteiger partial charge in [-0.15, -0.1) is 0 Å². The van der Waals surface area contributed by atoms with Crippen LogP contribution < -0.4 is 16.0 Å². The molecule has 3 rings (SSSR count). The zero-order chi connectivity index (χ0) is 13.4. The first-order chi connectivity index (χ1) is 9.13. The van der Waals surface area contributed by atoms with Crippen LogP contribution in [-0.4, -0.2) is 48.1 Å². The fourth-order valence-corrected chi connectivity index (χ4v) is 2.36. The molecule has 0 aliphatic carbocycles. The van der Waals surface area contributed by atoms with Gasteiger partial charge in [0.15, 0.2) is 0 Å². The predicted octanol–water partition coefficient (Wildman–Crippen LogP) is -0.0318. The fraction of sp³-hybridized carbons (Fsp3) is 0.385. The minimum absolute atomic E-state index is 0.608. The lowest BCUT2D eigenvalue weighted by Gasteiger charge is -2.34. The smallest absolute Gasteiger partial charge is 0.314 e. The van der Waals surface area contributed by atoms with Crippen LogP contribution in [0.1, 0.15) is 0 Å². The molecule has 19 heavy (non-hydrogen) atoms. The van der Waals surface area contributed by atoms with Gasteiger partial charge >= 0.3 is 11.1 Å². The largest absolute Gasteiger partial charge is 0.369 e. The van der Waals surface area contributed by atoms with Gasteiger partial charge < -0.3 is 19.8 Å². The van der Waals surface area contributed by atoms with Crippen LogP contribution in [0.2, 0.25) is 0 Å². The third-order valence-electron chi connectivity index (χ3n) is 3.57. The zero-order valence-electron chi connectivity index (χ0n) is 10.8. The molecule has 100 valence electrons. The molecule has 2 aromatic rings. The van der Waals surface area contributed by atoms with E-state index in [4.69, 9.17) is 0 Å². The van der Waals surface area contributed by atoms with Crippen molar-refractivity contribution in [3.8, 4) is 0 Å². The van der Waals surface area contributed by atoms with E-state index in [-0.39, 0.29) is 0 Å². The molecule has 0 spiro atoms. The Balaban J connectivity index is 1.99. The van der Waals surface area contributed by atoms with Gasteiger partial charge in [-0.3, -0.25) is 9.59 Å². The molecule has 1 aromatic carbocycles. The van der Waals surface area contributed by atoms with Crippen LogP contribution in [0.5, 0.6) is 0 Å². The summed E-state index contributed by atoms with van der Waals surface area (Å²) >= 11 is 0. The highest BCUT2D eigenvalue weighted by atomic mass is 16.2. The van der Waals surface area contributed by atoms with Gasteiger partial charge in [-0.25, -0.2) is 0 Å². The summed E-state index contributed by atoms with van der Waals surface area (Å²) < 4.78 is 0. The Morgan fingerprint density at radius 1 is 0.947 bits per heavy atom. The van der Waals surface area contributed by atoms with Crippen LogP contribution >= 0.6 is 0 Å². The van der Waals surface area contributed by atoms with E-state index in [1.165, 1.54) is 0 Å². The minimum Gasteiger partial charge on any atom is -0.369 e. The summed E-state index contributed by atoms with van der Waals surface area (Å²) in [6.07, 6.45) is 0. The molecule has 1 aromatic heterocycles. The highest BCUT2D eigenvalue weighted by molar-refractivity contribution is 5.78. The molecule has 0 saturated carbocycles. The molecular weight excluding hydrogens is 244 g/mol. The number of likely N-dealkylation sites (N-methyl/N-ethyl adjacent to an activating group) is 1. The van der Waals surface area contributed by atoms with Crippen LogP contribution in [0.3, 0.4) is 0 Å². The van der Waals surface area contributed by atoms with E-state index in [1.807, 2.05) is 18.2 Å². The Morgan fingerprint density at radius 3 is 2.26 bits per heavy atom. The van der Waals surface area contributed by atoms with Crippen LogP contribution in [0, 0.1) is 0 Å². The number of hydrogen-bond acceptors (Lipinski definition) is 4. The maximum atomic E-state index is 11.3. The van der Waals surface area contributed by atoms with Gasteiger partial charge in [-0.05, 0) is 25.2 Å². The van der Waals surface area contributed by atoms with Gasteiger partial charge in [-0.1, -0.05) is 0 Å². The van der Waals surface area contributed by atoms with Crippen molar-refractivity contribution >= 4 is 16.7 Å². The van der Waals surface area contributed by atoms with Crippen molar-refractivity contribution in [1.82, 2.24) is 14.9 Å². The number of fused-ring (bicyclic) bond motifs is 1. The van der Waals surface area contributed by atoms with Crippen molar-refractivity contribution in [2.45, 2.75) is 0 Å². The maximum Gasteiger partial charge on any atom is 0.314 e. The highest BCUT2D eigenvalue weighted by Crippen LogP contribution is 2.19. The lowest BCUT2D eigenvalue weighted by Crippen LogP contribution is -2.44. The minimum atomic E-state index is -0.611. The van der Waals surface area contributed by atoms with Crippen molar-refractivity contribution < 1.29 is 0 Å². The number of aromatic amines is 2. The molecule has 1 aliphatic heterocycles. The van der Waals surface area contributed by atoms with Gasteiger partial charge in [0.05, 0.1) is 11.0 Å². The number of benzene rings is 1. The van der Waals surface area contributed by atoms with Crippen molar-refractivity contribution in [3.63, 3.8) is 0 Å². The number of anilines is 1. The summed E-state index contributed by atoms with van der Waals surface area (Å²) in [5.41, 5.74) is 1.18. The van der Waals surface area contributed by atoms with Crippen molar-refractivity contribution in [1.29, 1.82) is 0 Å². The molecule has 1 fully saturated rings. The number of nitrogens with zero attached hydrogens (tertiary/aromatic N) is 2. The Morgan fingerprint density at radius 2 is 1.58 bits per heavy atom. The number of aromatic nitrogens is 2. The second kappa shape index (κ2) is 4.55. The molecule has 0 amide bonds. The van der Waals surface area contributed by atoms with Gasteiger partial charge in [-0.2, -0.15) is 0 Å². The second-order valence-corrected chi connectivity index (χ2v) is 4.93. The molecule has 0 bridgehead atoms. The van der Waals surface area contributed by atoms with E-state index in [1.54, 1.807) is 0 Å². The summed E-state index contributed by atoms with van der Waals surface area (Å²) in [6.45, 7) is 3.99. The zero-order valence-corrected chi connectivity index (χ0v) is 10.8. The normalized spacial score (nSPS) is 17.0. The monoisotopic (exact) mass is 260 g/mol. The molecule has 0 unspecified atom stereocenters. The van der Waals surface area contributed by atoms with Gasteiger partial charge in [0.1, 0.15) is 0 Å². The first kappa shape index (κ1) is 12.0. The predicted molar refractivity (Wildman–Crippen MR) is 74.9 cm³/mol. The number of piperazine rings is 1. The second-order valence-electron chi connectivity index (χ2n) is 4.93. The van der Waals surface area contributed by atoms with E-state index in [0.717, 1.165) is 31.9 Å². The standard InChI is InChI=1S/C13H16N4O2/c1-16-4-6-17(7-5-16)9-2-3-10-11(8-9)15-13(19)12(18)14-10/h2-3,8H,4-7H2,1H3,(H,14,18)(H,15,19). The summed E-state index contributed by atoms with van der Waals surface area (Å²) in [6, 6.07) is 5.72. The van der Waals surface area contributed by atoms with Crippen LogP contribution in [-0.2, 0) is 0 Å². The first-order valence-electron chi connectivity index (χ1n) is 6.33. The van der Waals surface area contributed by atoms with E-state index >= 15 is 0 Å². The number of H-pyrrole nitrogens is 2. The third-order valence-corrected chi connectivity index (χ3v) is 3.57. The van der Waals surface area contributed by atoms with E-state index in [9.17, 15) is 9.59 Å². The molecule has 1 saturated heterocycles. The summed E-state index contributed by atoms with van der Waals surface area (Å²) in [7, 11) is 2.11. The summed E-state index contributed by atoms with van der Waals surface area (Å²) in [4.78, 5) is 32.3. The summed E-state index contributed by atoms with van der Waals surface area (Å²) in [5.74, 6) is 0. The SMILES string of the molecule is CN1CCN(c2ccc3[nH]c(=O)c(=O)[nH]c3c2)CC1. The molecule has 0 radical (unpaired) electrons. The number of rotatable bonds is 1. The quantitative estimate of drug-likeness (QED) is 0.706. The van der Waals surface area contributed by atoms with Crippen molar-refractivity contribution in [2.24, 2.45) is 0 Å². The number of hydrogen-bond donors (Lipinski definition) is 2. The van der Waals surface area contributed by atoms with Crippen LogP contribution in [0.4, 0.5) is 5.69 Å².